The Hall–Kier alpha value is -3.34. The maximum Gasteiger partial charge on any atom is 0.261 e. The number of hydrogen-bond acceptors (Lipinski definition) is 5. The van der Waals surface area contributed by atoms with Gasteiger partial charge in [-0.25, -0.2) is 8.42 Å². The molecule has 3 aromatic carbocycles. The van der Waals surface area contributed by atoms with Crippen LogP contribution in [-0.4, -0.2) is 39.6 Å². The van der Waals surface area contributed by atoms with Crippen LogP contribution in [0.25, 0.3) is 0 Å². The summed E-state index contributed by atoms with van der Waals surface area (Å²) in [6, 6.07) is 23.9. The minimum Gasteiger partial charge on any atom is -0.493 e. The lowest BCUT2D eigenvalue weighted by Crippen LogP contribution is -2.25. The number of sulfonamides is 1. The Balaban J connectivity index is 1.19. The first-order valence-electron chi connectivity index (χ1n) is 11.1. The number of nitrogens with zero attached hydrogens (tertiary/aromatic N) is 2. The molecule has 0 bridgehead atoms. The number of rotatable bonds is 6. The fraction of sp³-hybridized carbons (Fsp3) is 0.269. The van der Waals surface area contributed by atoms with E-state index >= 15 is 0 Å². The number of anilines is 1. The van der Waals surface area contributed by atoms with Crippen molar-refractivity contribution in [3.8, 4) is 11.8 Å². The maximum absolute atomic E-state index is 12.5. The second-order valence-electron chi connectivity index (χ2n) is 8.67. The van der Waals surface area contributed by atoms with Crippen molar-refractivity contribution in [1.82, 2.24) is 4.90 Å². The molecule has 2 atom stereocenters. The number of ether oxygens (including phenoxy) is 1. The van der Waals surface area contributed by atoms with E-state index < -0.39 is 10.0 Å². The molecule has 1 N–H and O–H groups in total. The molecular formula is C26H25N3O3S. The van der Waals surface area contributed by atoms with E-state index in [0.29, 0.717) is 23.1 Å². The van der Waals surface area contributed by atoms with Crippen molar-refractivity contribution in [3.63, 3.8) is 0 Å². The summed E-state index contributed by atoms with van der Waals surface area (Å²) in [6.07, 6.45) is 0.886. The van der Waals surface area contributed by atoms with Crippen LogP contribution in [0.4, 0.5) is 5.69 Å². The maximum atomic E-state index is 12.5. The van der Waals surface area contributed by atoms with Crippen molar-refractivity contribution in [1.29, 1.82) is 5.26 Å². The Kier molecular flexibility index (Phi) is 5.79. The minimum absolute atomic E-state index is 0.247. The summed E-state index contributed by atoms with van der Waals surface area (Å²) in [5.74, 6) is 1.75. The van der Waals surface area contributed by atoms with Gasteiger partial charge >= 0.3 is 0 Å². The highest BCUT2D eigenvalue weighted by molar-refractivity contribution is 7.92. The SMILES string of the molecule is N#Cc1ccc2c(c1)[C@@H]1CN(CCc3ccc(NS(=O)(=O)c4ccccc4)cc3)C[C@H]1CO2. The van der Waals surface area contributed by atoms with Crippen molar-refractivity contribution in [2.45, 2.75) is 17.2 Å². The van der Waals surface area contributed by atoms with Crippen molar-refractivity contribution < 1.29 is 13.2 Å². The number of benzene rings is 3. The normalized spacial score (nSPS) is 19.7. The predicted octanol–water partition coefficient (Wildman–Crippen LogP) is 4.01. The van der Waals surface area contributed by atoms with Crippen molar-refractivity contribution in [2.75, 3.05) is 31.0 Å². The van der Waals surface area contributed by atoms with Gasteiger partial charge in [-0.05, 0) is 54.4 Å². The van der Waals surface area contributed by atoms with Crippen LogP contribution in [0.2, 0.25) is 0 Å². The first-order valence-corrected chi connectivity index (χ1v) is 12.6. The summed E-state index contributed by atoms with van der Waals surface area (Å²) < 4.78 is 33.6. The van der Waals surface area contributed by atoms with Crippen LogP contribution in [0.5, 0.6) is 5.75 Å². The molecule has 2 aliphatic heterocycles. The van der Waals surface area contributed by atoms with E-state index in [9.17, 15) is 13.7 Å². The number of fused-ring (bicyclic) bond motifs is 3. The molecule has 2 heterocycles. The summed E-state index contributed by atoms with van der Waals surface area (Å²) >= 11 is 0. The first-order chi connectivity index (χ1) is 16.0. The molecule has 3 aromatic rings. The third-order valence-corrected chi connectivity index (χ3v) is 7.88. The molecule has 1 saturated heterocycles. The number of hydrogen-bond donors (Lipinski definition) is 1. The van der Waals surface area contributed by atoms with Crippen LogP contribution in [0, 0.1) is 17.2 Å². The Labute approximate surface area is 194 Å². The average molecular weight is 460 g/mol. The van der Waals surface area contributed by atoms with Crippen molar-refractivity contribution in [3.05, 3.63) is 89.5 Å². The van der Waals surface area contributed by atoms with Crippen LogP contribution in [0.1, 0.15) is 22.6 Å². The first kappa shape index (κ1) is 21.5. The topological polar surface area (TPSA) is 82.4 Å². The zero-order chi connectivity index (χ0) is 22.8. The molecule has 0 amide bonds. The van der Waals surface area contributed by atoms with E-state index in [1.807, 2.05) is 42.5 Å². The van der Waals surface area contributed by atoms with Gasteiger partial charge in [0.25, 0.3) is 10.0 Å². The highest BCUT2D eigenvalue weighted by Crippen LogP contribution is 2.41. The van der Waals surface area contributed by atoms with Crippen LogP contribution in [0.15, 0.2) is 77.7 Å². The van der Waals surface area contributed by atoms with Gasteiger partial charge < -0.3 is 9.64 Å². The monoisotopic (exact) mass is 459 g/mol. The van der Waals surface area contributed by atoms with E-state index in [2.05, 4.69) is 15.7 Å². The third kappa shape index (κ3) is 4.58. The highest BCUT2D eigenvalue weighted by Gasteiger charge is 2.38. The number of nitrogens with one attached hydrogen (secondary N) is 1. The summed E-state index contributed by atoms with van der Waals surface area (Å²) in [5, 5.41) is 9.24. The smallest absolute Gasteiger partial charge is 0.261 e. The predicted molar refractivity (Wildman–Crippen MR) is 127 cm³/mol. The molecule has 1 fully saturated rings. The van der Waals surface area contributed by atoms with Crippen LogP contribution in [0.3, 0.4) is 0 Å². The summed E-state index contributed by atoms with van der Waals surface area (Å²) in [4.78, 5) is 2.70. The standard InChI is InChI=1S/C26H25N3O3S/c27-15-20-8-11-26-24(14-20)25-17-29(16-21(25)18-32-26)13-12-19-6-9-22(10-7-19)28-33(30,31)23-4-2-1-3-5-23/h1-11,14,21,25,28H,12-13,16-18H2/t21-,25+/m0/s1. The van der Waals surface area contributed by atoms with Crippen molar-refractivity contribution in [2.24, 2.45) is 5.92 Å². The number of nitriles is 1. The van der Waals surface area contributed by atoms with Gasteiger partial charge in [-0.2, -0.15) is 5.26 Å². The fourth-order valence-corrected chi connectivity index (χ4v) is 5.82. The van der Waals surface area contributed by atoms with Gasteiger partial charge in [0.1, 0.15) is 5.75 Å². The summed E-state index contributed by atoms with van der Waals surface area (Å²) in [7, 11) is -3.58. The molecule has 0 spiro atoms. The molecule has 7 heteroatoms. The fourth-order valence-electron chi connectivity index (χ4n) is 4.74. The second-order valence-corrected chi connectivity index (χ2v) is 10.3. The quantitative estimate of drug-likeness (QED) is 0.602. The van der Waals surface area contributed by atoms with E-state index in [4.69, 9.17) is 4.74 Å². The van der Waals surface area contributed by atoms with Crippen LogP contribution < -0.4 is 9.46 Å². The molecule has 0 saturated carbocycles. The lowest BCUT2D eigenvalue weighted by atomic mass is 9.86. The van der Waals surface area contributed by atoms with Gasteiger partial charge in [-0.3, -0.25) is 4.72 Å². The third-order valence-electron chi connectivity index (χ3n) is 6.48. The van der Waals surface area contributed by atoms with E-state index in [1.165, 1.54) is 0 Å². The van der Waals surface area contributed by atoms with Crippen molar-refractivity contribution >= 4 is 15.7 Å². The molecule has 0 unspecified atom stereocenters. The second kappa shape index (κ2) is 8.89. The number of likely N-dealkylation sites (tertiary alicyclic amines) is 1. The molecule has 5 rings (SSSR count). The van der Waals surface area contributed by atoms with Crippen LogP contribution >= 0.6 is 0 Å². The minimum atomic E-state index is -3.58. The van der Waals surface area contributed by atoms with Gasteiger partial charge in [0.15, 0.2) is 0 Å². The molecule has 168 valence electrons. The molecule has 33 heavy (non-hydrogen) atoms. The van der Waals surface area contributed by atoms with Gasteiger partial charge in [0.2, 0.25) is 0 Å². The lowest BCUT2D eigenvalue weighted by Gasteiger charge is -2.27. The lowest BCUT2D eigenvalue weighted by molar-refractivity contribution is 0.213. The van der Waals surface area contributed by atoms with Gasteiger partial charge in [-0.15, -0.1) is 0 Å². The van der Waals surface area contributed by atoms with E-state index in [-0.39, 0.29) is 4.90 Å². The van der Waals surface area contributed by atoms with E-state index in [1.54, 1.807) is 30.3 Å². The van der Waals surface area contributed by atoms with Gasteiger partial charge in [0, 0.05) is 42.7 Å². The Morgan fingerprint density at radius 1 is 1.03 bits per heavy atom. The van der Waals surface area contributed by atoms with Gasteiger partial charge in [0.05, 0.1) is 23.1 Å². The Morgan fingerprint density at radius 3 is 2.58 bits per heavy atom. The highest BCUT2D eigenvalue weighted by atomic mass is 32.2. The summed E-state index contributed by atoms with van der Waals surface area (Å²) in [5.41, 5.74) is 3.55. The Bertz CT molecular complexity index is 1280. The summed E-state index contributed by atoms with van der Waals surface area (Å²) in [6.45, 7) is 3.59. The zero-order valence-electron chi connectivity index (χ0n) is 18.1. The average Bonchev–Trinajstić information content (AvgIpc) is 3.27. The van der Waals surface area contributed by atoms with Gasteiger partial charge in [-0.1, -0.05) is 30.3 Å². The molecule has 2 aliphatic rings. The van der Waals surface area contributed by atoms with Crippen LogP contribution in [-0.2, 0) is 16.4 Å². The van der Waals surface area contributed by atoms with E-state index in [0.717, 1.165) is 49.5 Å². The Morgan fingerprint density at radius 2 is 1.82 bits per heavy atom. The molecule has 0 radical (unpaired) electrons. The molecular weight excluding hydrogens is 434 g/mol. The largest absolute Gasteiger partial charge is 0.493 e. The zero-order valence-corrected chi connectivity index (χ0v) is 19.0. The molecule has 6 nitrogen and oxygen atoms in total. The molecule has 0 aliphatic carbocycles. The molecule has 0 aromatic heterocycles.